The van der Waals surface area contributed by atoms with Crippen LogP contribution in [0.2, 0.25) is 0 Å². The van der Waals surface area contributed by atoms with E-state index in [2.05, 4.69) is 4.74 Å². The smallest absolute Gasteiger partial charge is 0.401 e. The summed E-state index contributed by atoms with van der Waals surface area (Å²) >= 11 is 0. The van der Waals surface area contributed by atoms with Crippen LogP contribution in [-0.4, -0.2) is 43.8 Å². The molecule has 6 heteroatoms. The molecular formula is C9H16F3NO2. The lowest BCUT2D eigenvalue weighted by Crippen LogP contribution is -2.38. The summed E-state index contributed by atoms with van der Waals surface area (Å²) < 4.78 is 40.6. The zero-order valence-corrected chi connectivity index (χ0v) is 9.10. The third-order valence-corrected chi connectivity index (χ3v) is 1.99. The highest BCUT2D eigenvalue weighted by Gasteiger charge is 2.31. The van der Waals surface area contributed by atoms with Crippen LogP contribution >= 0.6 is 0 Å². The molecule has 3 nitrogen and oxygen atoms in total. The van der Waals surface area contributed by atoms with E-state index in [4.69, 9.17) is 0 Å². The third-order valence-electron chi connectivity index (χ3n) is 1.99. The SMILES string of the molecule is CCN(CC(C)C(=O)OC)CC(F)(F)F. The average molecular weight is 227 g/mol. The summed E-state index contributed by atoms with van der Waals surface area (Å²) in [5, 5.41) is 0. The number of carbonyl (C=O) groups is 1. The Bertz CT molecular complexity index is 206. The first-order chi connectivity index (χ1) is 6.80. The summed E-state index contributed by atoms with van der Waals surface area (Å²) in [6.07, 6.45) is -4.23. The Hall–Kier alpha value is -0.780. The van der Waals surface area contributed by atoms with Crippen LogP contribution in [0.15, 0.2) is 0 Å². The number of ether oxygens (including phenoxy) is 1. The van der Waals surface area contributed by atoms with Gasteiger partial charge in [0.2, 0.25) is 0 Å². The second-order valence-electron chi connectivity index (χ2n) is 3.37. The van der Waals surface area contributed by atoms with Crippen LogP contribution < -0.4 is 0 Å². The average Bonchev–Trinajstić information content (AvgIpc) is 2.13. The van der Waals surface area contributed by atoms with Gasteiger partial charge in [-0.2, -0.15) is 13.2 Å². The lowest BCUT2D eigenvalue weighted by Gasteiger charge is -2.24. The van der Waals surface area contributed by atoms with Crippen molar-refractivity contribution in [3.63, 3.8) is 0 Å². The molecule has 0 rings (SSSR count). The Balaban J connectivity index is 4.15. The van der Waals surface area contributed by atoms with Gasteiger partial charge in [-0.1, -0.05) is 13.8 Å². The quantitative estimate of drug-likeness (QED) is 0.669. The molecule has 0 aromatic carbocycles. The standard InChI is InChI=1S/C9H16F3NO2/c1-4-13(6-9(10,11)12)5-7(2)8(14)15-3/h7H,4-6H2,1-3H3. The van der Waals surface area contributed by atoms with Crippen LogP contribution in [-0.2, 0) is 9.53 Å². The molecular weight excluding hydrogens is 211 g/mol. The highest BCUT2D eigenvalue weighted by atomic mass is 19.4. The first-order valence-corrected chi connectivity index (χ1v) is 4.67. The molecule has 0 bridgehead atoms. The number of halogens is 3. The van der Waals surface area contributed by atoms with E-state index in [0.29, 0.717) is 0 Å². The Labute approximate surface area is 87.2 Å². The predicted octanol–water partition coefficient (Wildman–Crippen LogP) is 1.68. The van der Waals surface area contributed by atoms with Gasteiger partial charge >= 0.3 is 12.1 Å². The van der Waals surface area contributed by atoms with Gasteiger partial charge in [-0.25, -0.2) is 0 Å². The molecule has 1 atom stereocenters. The fourth-order valence-corrected chi connectivity index (χ4v) is 1.22. The molecule has 0 aliphatic carbocycles. The van der Waals surface area contributed by atoms with Gasteiger partial charge in [0.15, 0.2) is 0 Å². The minimum Gasteiger partial charge on any atom is -0.469 e. The van der Waals surface area contributed by atoms with Gasteiger partial charge < -0.3 is 4.74 Å². The van der Waals surface area contributed by atoms with Crippen LogP contribution in [0.3, 0.4) is 0 Å². The number of esters is 1. The Morgan fingerprint density at radius 3 is 2.33 bits per heavy atom. The zero-order valence-electron chi connectivity index (χ0n) is 9.10. The van der Waals surface area contributed by atoms with Crippen LogP contribution in [0.4, 0.5) is 13.2 Å². The minimum absolute atomic E-state index is 0.0582. The van der Waals surface area contributed by atoms with E-state index in [-0.39, 0.29) is 13.1 Å². The number of rotatable bonds is 5. The van der Waals surface area contributed by atoms with E-state index in [1.807, 2.05) is 0 Å². The molecule has 0 aromatic heterocycles. The highest BCUT2D eigenvalue weighted by molar-refractivity contribution is 5.72. The van der Waals surface area contributed by atoms with Crippen molar-refractivity contribution in [2.75, 3.05) is 26.7 Å². The van der Waals surface area contributed by atoms with Crippen molar-refractivity contribution >= 4 is 5.97 Å². The summed E-state index contributed by atoms with van der Waals surface area (Å²) in [5.74, 6) is -1.03. The molecule has 0 saturated carbocycles. The normalized spacial score (nSPS) is 14.1. The molecule has 0 saturated heterocycles. The van der Waals surface area contributed by atoms with Crippen molar-refractivity contribution in [2.45, 2.75) is 20.0 Å². The molecule has 90 valence electrons. The van der Waals surface area contributed by atoms with Crippen molar-refractivity contribution in [2.24, 2.45) is 5.92 Å². The molecule has 0 spiro atoms. The Morgan fingerprint density at radius 1 is 1.47 bits per heavy atom. The summed E-state index contributed by atoms with van der Waals surface area (Å²) in [7, 11) is 1.22. The fourth-order valence-electron chi connectivity index (χ4n) is 1.22. The number of alkyl halides is 3. The number of hydrogen-bond donors (Lipinski definition) is 0. The maximum atomic E-state index is 12.1. The predicted molar refractivity (Wildman–Crippen MR) is 49.3 cm³/mol. The van der Waals surface area contributed by atoms with E-state index < -0.39 is 24.6 Å². The second-order valence-corrected chi connectivity index (χ2v) is 3.37. The van der Waals surface area contributed by atoms with Crippen LogP contribution in [0.25, 0.3) is 0 Å². The first-order valence-electron chi connectivity index (χ1n) is 4.67. The van der Waals surface area contributed by atoms with Gasteiger partial charge in [-0.3, -0.25) is 9.69 Å². The maximum Gasteiger partial charge on any atom is 0.401 e. The summed E-state index contributed by atoms with van der Waals surface area (Å²) in [5.41, 5.74) is 0. The monoisotopic (exact) mass is 227 g/mol. The molecule has 0 aromatic rings. The third kappa shape index (κ3) is 6.33. The molecule has 0 heterocycles. The minimum atomic E-state index is -4.23. The lowest BCUT2D eigenvalue weighted by molar-refractivity contribution is -0.154. The van der Waals surface area contributed by atoms with E-state index in [1.165, 1.54) is 12.0 Å². The molecule has 0 radical (unpaired) electrons. The van der Waals surface area contributed by atoms with E-state index in [1.54, 1.807) is 13.8 Å². The fraction of sp³-hybridized carbons (Fsp3) is 0.889. The molecule has 0 aliphatic heterocycles. The summed E-state index contributed by atoms with van der Waals surface area (Å²) in [4.78, 5) is 12.2. The molecule has 1 unspecified atom stereocenters. The topological polar surface area (TPSA) is 29.5 Å². The van der Waals surface area contributed by atoms with Crippen molar-refractivity contribution < 1.29 is 22.7 Å². The maximum absolute atomic E-state index is 12.1. The second kappa shape index (κ2) is 5.95. The van der Waals surface area contributed by atoms with Gasteiger partial charge in [0.1, 0.15) is 0 Å². The molecule has 0 N–H and O–H groups in total. The van der Waals surface area contributed by atoms with Crippen LogP contribution in [0, 0.1) is 5.92 Å². The lowest BCUT2D eigenvalue weighted by atomic mass is 10.1. The summed E-state index contributed by atoms with van der Waals surface area (Å²) in [6, 6.07) is 0. The first kappa shape index (κ1) is 14.2. The zero-order chi connectivity index (χ0) is 12.1. The van der Waals surface area contributed by atoms with Crippen LogP contribution in [0.5, 0.6) is 0 Å². The van der Waals surface area contributed by atoms with E-state index in [0.717, 1.165) is 0 Å². The molecule has 0 amide bonds. The molecule has 0 aliphatic rings. The van der Waals surface area contributed by atoms with E-state index in [9.17, 15) is 18.0 Å². The van der Waals surface area contributed by atoms with Gasteiger partial charge in [0, 0.05) is 6.54 Å². The highest BCUT2D eigenvalue weighted by Crippen LogP contribution is 2.17. The van der Waals surface area contributed by atoms with Gasteiger partial charge in [0.05, 0.1) is 19.6 Å². The molecule has 0 fully saturated rings. The number of methoxy groups -OCH3 is 1. The van der Waals surface area contributed by atoms with Gasteiger partial charge in [-0.05, 0) is 6.54 Å². The Kier molecular flexibility index (Phi) is 5.64. The van der Waals surface area contributed by atoms with Gasteiger partial charge in [0.25, 0.3) is 0 Å². The van der Waals surface area contributed by atoms with E-state index >= 15 is 0 Å². The van der Waals surface area contributed by atoms with Crippen molar-refractivity contribution in [1.29, 1.82) is 0 Å². The van der Waals surface area contributed by atoms with Crippen LogP contribution in [0.1, 0.15) is 13.8 Å². The largest absolute Gasteiger partial charge is 0.469 e. The van der Waals surface area contributed by atoms with Crippen molar-refractivity contribution in [3.05, 3.63) is 0 Å². The summed E-state index contributed by atoms with van der Waals surface area (Å²) in [6.45, 7) is 2.48. The van der Waals surface area contributed by atoms with Crippen molar-refractivity contribution in [1.82, 2.24) is 4.90 Å². The van der Waals surface area contributed by atoms with Gasteiger partial charge in [-0.15, -0.1) is 0 Å². The molecule has 15 heavy (non-hydrogen) atoms. The number of nitrogens with zero attached hydrogens (tertiary/aromatic N) is 1. The Morgan fingerprint density at radius 2 is 2.00 bits per heavy atom. The van der Waals surface area contributed by atoms with Crippen molar-refractivity contribution in [3.8, 4) is 0 Å². The number of hydrogen-bond acceptors (Lipinski definition) is 3. The number of carbonyl (C=O) groups excluding carboxylic acids is 1.